The van der Waals surface area contributed by atoms with E-state index in [0.29, 0.717) is 12.2 Å². The summed E-state index contributed by atoms with van der Waals surface area (Å²) in [5, 5.41) is 3.00. The SMILES string of the molecule is CC(C)(CN)Nc1ccc(F)c(F)c1. The fourth-order valence-corrected chi connectivity index (χ4v) is 1.02. The van der Waals surface area contributed by atoms with Crippen molar-refractivity contribution in [2.75, 3.05) is 11.9 Å². The second-order valence-electron chi connectivity index (χ2n) is 3.84. The number of hydrogen-bond acceptors (Lipinski definition) is 2. The zero-order valence-corrected chi connectivity index (χ0v) is 8.27. The maximum absolute atomic E-state index is 12.8. The van der Waals surface area contributed by atoms with Crippen molar-refractivity contribution in [3.8, 4) is 0 Å². The van der Waals surface area contributed by atoms with E-state index in [1.165, 1.54) is 6.07 Å². The van der Waals surface area contributed by atoms with E-state index < -0.39 is 11.6 Å². The summed E-state index contributed by atoms with van der Waals surface area (Å²) < 4.78 is 25.4. The van der Waals surface area contributed by atoms with Gasteiger partial charge >= 0.3 is 0 Å². The van der Waals surface area contributed by atoms with Crippen molar-refractivity contribution >= 4 is 5.69 Å². The third-order valence-corrected chi connectivity index (χ3v) is 1.91. The van der Waals surface area contributed by atoms with Gasteiger partial charge in [-0.3, -0.25) is 0 Å². The van der Waals surface area contributed by atoms with E-state index in [-0.39, 0.29) is 5.54 Å². The van der Waals surface area contributed by atoms with Crippen LogP contribution < -0.4 is 11.1 Å². The predicted molar refractivity (Wildman–Crippen MR) is 53.1 cm³/mol. The van der Waals surface area contributed by atoms with Gasteiger partial charge in [0, 0.05) is 23.8 Å². The molecule has 1 aromatic carbocycles. The molecule has 0 aromatic heterocycles. The molecule has 0 spiro atoms. The maximum Gasteiger partial charge on any atom is 0.160 e. The lowest BCUT2D eigenvalue weighted by molar-refractivity contribution is 0.507. The zero-order chi connectivity index (χ0) is 10.8. The smallest absolute Gasteiger partial charge is 0.160 e. The van der Waals surface area contributed by atoms with Crippen LogP contribution in [0.2, 0.25) is 0 Å². The predicted octanol–water partition coefficient (Wildman–Crippen LogP) is 2.11. The van der Waals surface area contributed by atoms with E-state index in [2.05, 4.69) is 5.32 Å². The van der Waals surface area contributed by atoms with Gasteiger partial charge < -0.3 is 11.1 Å². The molecule has 78 valence electrons. The van der Waals surface area contributed by atoms with Crippen molar-refractivity contribution in [1.29, 1.82) is 0 Å². The minimum Gasteiger partial charge on any atom is -0.379 e. The first-order valence-corrected chi connectivity index (χ1v) is 4.38. The fourth-order valence-electron chi connectivity index (χ4n) is 1.02. The number of benzene rings is 1. The first kappa shape index (κ1) is 10.9. The number of anilines is 1. The lowest BCUT2D eigenvalue weighted by Gasteiger charge is -2.25. The fraction of sp³-hybridized carbons (Fsp3) is 0.400. The van der Waals surface area contributed by atoms with Gasteiger partial charge in [-0.2, -0.15) is 0 Å². The molecule has 0 bridgehead atoms. The standard InChI is InChI=1S/C10H14F2N2/c1-10(2,6-13)14-7-3-4-8(11)9(12)5-7/h3-5,14H,6,13H2,1-2H3. The first-order valence-electron chi connectivity index (χ1n) is 4.38. The number of rotatable bonds is 3. The van der Waals surface area contributed by atoms with Gasteiger partial charge in [0.25, 0.3) is 0 Å². The molecule has 0 aliphatic heterocycles. The van der Waals surface area contributed by atoms with Crippen LogP contribution in [0.5, 0.6) is 0 Å². The first-order chi connectivity index (χ1) is 6.44. The van der Waals surface area contributed by atoms with E-state index in [1.54, 1.807) is 0 Å². The number of nitrogens with one attached hydrogen (secondary N) is 1. The zero-order valence-electron chi connectivity index (χ0n) is 8.27. The summed E-state index contributed by atoms with van der Waals surface area (Å²) in [6.45, 7) is 4.18. The minimum atomic E-state index is -0.858. The Bertz CT molecular complexity index is 324. The van der Waals surface area contributed by atoms with Crippen LogP contribution >= 0.6 is 0 Å². The van der Waals surface area contributed by atoms with E-state index in [1.807, 2.05) is 13.8 Å². The van der Waals surface area contributed by atoms with Crippen molar-refractivity contribution in [3.63, 3.8) is 0 Å². The average Bonchev–Trinajstić information content (AvgIpc) is 2.11. The molecule has 0 atom stereocenters. The molecule has 0 aliphatic carbocycles. The highest BCUT2D eigenvalue weighted by atomic mass is 19.2. The largest absolute Gasteiger partial charge is 0.379 e. The Morgan fingerprint density at radius 1 is 1.29 bits per heavy atom. The molecule has 0 fully saturated rings. The van der Waals surface area contributed by atoms with E-state index >= 15 is 0 Å². The number of halogens is 2. The summed E-state index contributed by atoms with van der Waals surface area (Å²) in [6, 6.07) is 3.69. The van der Waals surface area contributed by atoms with Crippen molar-refractivity contribution in [2.45, 2.75) is 19.4 Å². The molecule has 0 unspecified atom stereocenters. The highest BCUT2D eigenvalue weighted by Crippen LogP contribution is 2.17. The molecule has 4 heteroatoms. The number of hydrogen-bond donors (Lipinski definition) is 2. The van der Waals surface area contributed by atoms with Crippen molar-refractivity contribution in [2.24, 2.45) is 5.73 Å². The molecular weight excluding hydrogens is 186 g/mol. The summed E-state index contributed by atoms with van der Waals surface area (Å²) in [7, 11) is 0. The third kappa shape index (κ3) is 2.67. The van der Waals surface area contributed by atoms with Crippen LogP contribution in [0.3, 0.4) is 0 Å². The Balaban J connectivity index is 2.83. The molecule has 2 nitrogen and oxygen atoms in total. The quantitative estimate of drug-likeness (QED) is 0.784. The van der Waals surface area contributed by atoms with Gasteiger partial charge in [0.15, 0.2) is 11.6 Å². The van der Waals surface area contributed by atoms with E-state index in [0.717, 1.165) is 12.1 Å². The van der Waals surface area contributed by atoms with Crippen LogP contribution in [0.25, 0.3) is 0 Å². The molecule has 0 heterocycles. The molecule has 0 saturated heterocycles. The van der Waals surface area contributed by atoms with Gasteiger partial charge in [-0.15, -0.1) is 0 Å². The number of nitrogens with two attached hydrogens (primary N) is 1. The molecule has 0 aliphatic rings. The molecule has 1 aromatic rings. The molecule has 1 rings (SSSR count). The molecule has 3 N–H and O–H groups in total. The van der Waals surface area contributed by atoms with Crippen molar-refractivity contribution in [1.82, 2.24) is 0 Å². The van der Waals surface area contributed by atoms with Gasteiger partial charge in [0.05, 0.1) is 0 Å². The minimum absolute atomic E-state index is 0.329. The van der Waals surface area contributed by atoms with Crippen LogP contribution in [0.4, 0.5) is 14.5 Å². The summed E-state index contributed by atoms with van der Waals surface area (Å²) >= 11 is 0. The normalized spacial score (nSPS) is 11.5. The molecular formula is C10H14F2N2. The second-order valence-corrected chi connectivity index (χ2v) is 3.84. The third-order valence-electron chi connectivity index (χ3n) is 1.91. The Morgan fingerprint density at radius 2 is 1.93 bits per heavy atom. The monoisotopic (exact) mass is 200 g/mol. The van der Waals surface area contributed by atoms with Crippen molar-refractivity contribution in [3.05, 3.63) is 29.8 Å². The van der Waals surface area contributed by atoms with Crippen LogP contribution in [-0.4, -0.2) is 12.1 Å². The lowest BCUT2D eigenvalue weighted by atomic mass is 10.1. The van der Waals surface area contributed by atoms with Gasteiger partial charge in [-0.05, 0) is 26.0 Å². The highest BCUT2D eigenvalue weighted by Gasteiger charge is 2.15. The van der Waals surface area contributed by atoms with Crippen molar-refractivity contribution < 1.29 is 8.78 Å². The lowest BCUT2D eigenvalue weighted by Crippen LogP contribution is -2.39. The van der Waals surface area contributed by atoms with Crippen LogP contribution in [-0.2, 0) is 0 Å². The summed E-state index contributed by atoms with van der Waals surface area (Å²) in [6.07, 6.45) is 0. The summed E-state index contributed by atoms with van der Waals surface area (Å²) in [5.74, 6) is -1.70. The summed E-state index contributed by atoms with van der Waals surface area (Å²) in [4.78, 5) is 0. The Kier molecular flexibility index (Phi) is 3.06. The Morgan fingerprint density at radius 3 is 2.43 bits per heavy atom. The van der Waals surface area contributed by atoms with Gasteiger partial charge in [0.2, 0.25) is 0 Å². The van der Waals surface area contributed by atoms with Gasteiger partial charge in [-0.25, -0.2) is 8.78 Å². The van der Waals surface area contributed by atoms with Crippen LogP contribution in [0, 0.1) is 11.6 Å². The molecule has 0 radical (unpaired) electrons. The Labute approximate surface area is 82.1 Å². The second kappa shape index (κ2) is 3.92. The molecule has 14 heavy (non-hydrogen) atoms. The Hall–Kier alpha value is -1.16. The van der Waals surface area contributed by atoms with Gasteiger partial charge in [0.1, 0.15) is 0 Å². The molecule has 0 amide bonds. The maximum atomic E-state index is 12.8. The van der Waals surface area contributed by atoms with E-state index in [4.69, 9.17) is 5.73 Å². The van der Waals surface area contributed by atoms with Gasteiger partial charge in [-0.1, -0.05) is 0 Å². The van der Waals surface area contributed by atoms with E-state index in [9.17, 15) is 8.78 Å². The molecule has 0 saturated carbocycles. The topological polar surface area (TPSA) is 38.0 Å². The summed E-state index contributed by atoms with van der Waals surface area (Å²) in [5.41, 5.74) is 5.69. The van der Waals surface area contributed by atoms with Crippen LogP contribution in [0.15, 0.2) is 18.2 Å². The van der Waals surface area contributed by atoms with Crippen LogP contribution in [0.1, 0.15) is 13.8 Å². The average molecular weight is 200 g/mol. The highest BCUT2D eigenvalue weighted by molar-refractivity contribution is 5.45.